The molecule has 0 fully saturated rings. The fourth-order valence-electron chi connectivity index (χ4n) is 3.22. The summed E-state index contributed by atoms with van der Waals surface area (Å²) in [5, 5.41) is 9.42. The summed E-state index contributed by atoms with van der Waals surface area (Å²) in [6, 6.07) is 13.8. The van der Waals surface area contributed by atoms with E-state index in [0.717, 1.165) is 55.3 Å². The molecule has 1 aromatic heterocycles. The van der Waals surface area contributed by atoms with E-state index in [4.69, 9.17) is 0 Å². The number of nitrogens with zero attached hydrogens (tertiary/aromatic N) is 2. The molecule has 0 aliphatic rings. The Morgan fingerprint density at radius 3 is 2.11 bits per heavy atom. The van der Waals surface area contributed by atoms with Gasteiger partial charge in [0, 0.05) is 23.9 Å². The van der Waals surface area contributed by atoms with E-state index in [2.05, 4.69) is 11.1 Å². The van der Waals surface area contributed by atoms with Crippen LogP contribution in [0.4, 0.5) is 13.2 Å². The molecule has 0 aliphatic heterocycles. The van der Waals surface area contributed by atoms with E-state index in [-0.39, 0.29) is 6.42 Å². The maximum Gasteiger partial charge on any atom is 0.389 e. The molecule has 0 saturated carbocycles. The lowest BCUT2D eigenvalue weighted by Gasteiger charge is -2.11. The van der Waals surface area contributed by atoms with Crippen LogP contribution < -0.4 is 0 Å². The lowest BCUT2D eigenvalue weighted by Crippen LogP contribution is -2.06. The molecule has 0 bridgehead atoms. The third kappa shape index (κ3) is 7.42. The second kappa shape index (κ2) is 10.7. The van der Waals surface area contributed by atoms with Crippen LogP contribution in [-0.2, 0) is 6.42 Å². The summed E-state index contributed by atoms with van der Waals surface area (Å²) in [5.41, 5.74) is 3.48. The highest BCUT2D eigenvalue weighted by molar-refractivity contribution is 5.72. The van der Waals surface area contributed by atoms with Gasteiger partial charge in [0.05, 0.1) is 11.6 Å². The van der Waals surface area contributed by atoms with Crippen LogP contribution in [-0.4, -0.2) is 11.2 Å². The second-order valence-corrected chi connectivity index (χ2v) is 6.75. The van der Waals surface area contributed by atoms with Gasteiger partial charge in [0.15, 0.2) is 0 Å². The third-order valence-corrected chi connectivity index (χ3v) is 4.59. The average molecular weight is 374 g/mol. The normalized spacial score (nSPS) is 11.3. The molecule has 5 heteroatoms. The van der Waals surface area contributed by atoms with Crippen LogP contribution in [0.3, 0.4) is 0 Å². The fraction of sp³-hybridized carbons (Fsp3) is 0.455. The number of aromatic nitrogens is 1. The first-order valence-electron chi connectivity index (χ1n) is 9.51. The maximum absolute atomic E-state index is 12.1. The third-order valence-electron chi connectivity index (χ3n) is 4.59. The van der Waals surface area contributed by atoms with Crippen molar-refractivity contribution in [3.63, 3.8) is 0 Å². The number of unbranched alkanes of at least 4 members (excludes halogenated alkanes) is 6. The summed E-state index contributed by atoms with van der Waals surface area (Å²) >= 11 is 0. The van der Waals surface area contributed by atoms with E-state index in [9.17, 15) is 18.4 Å². The highest BCUT2D eigenvalue weighted by Gasteiger charge is 2.25. The molecule has 2 rings (SSSR count). The first-order valence-corrected chi connectivity index (χ1v) is 9.51. The van der Waals surface area contributed by atoms with Crippen molar-refractivity contribution in [2.24, 2.45) is 0 Å². The smallest absolute Gasteiger partial charge is 0.261 e. The molecule has 1 aromatic carbocycles. The van der Waals surface area contributed by atoms with E-state index in [1.807, 2.05) is 30.3 Å². The van der Waals surface area contributed by atoms with Gasteiger partial charge in [-0.1, -0.05) is 62.4 Å². The van der Waals surface area contributed by atoms with Gasteiger partial charge in [-0.3, -0.25) is 4.98 Å². The van der Waals surface area contributed by atoms with Crippen LogP contribution in [0.2, 0.25) is 0 Å². The zero-order chi connectivity index (χ0) is 19.5. The number of benzene rings is 1. The number of hydrogen-bond acceptors (Lipinski definition) is 2. The SMILES string of the molecule is N#Cc1ccnc(CCCCCCCCCC(F)(F)F)c1-c1ccccc1. The van der Waals surface area contributed by atoms with Crippen molar-refractivity contribution < 1.29 is 13.2 Å². The van der Waals surface area contributed by atoms with Gasteiger partial charge in [0.25, 0.3) is 0 Å². The lowest BCUT2D eigenvalue weighted by molar-refractivity contribution is -0.135. The fourth-order valence-corrected chi connectivity index (χ4v) is 3.22. The number of nitriles is 1. The number of pyridine rings is 1. The summed E-state index contributed by atoms with van der Waals surface area (Å²) in [6.45, 7) is 0. The number of halogens is 3. The van der Waals surface area contributed by atoms with Crippen LogP contribution >= 0.6 is 0 Å². The van der Waals surface area contributed by atoms with Crippen LogP contribution in [0.15, 0.2) is 42.6 Å². The molecule has 0 aliphatic carbocycles. The number of aryl methyl sites for hydroxylation is 1. The molecular weight excluding hydrogens is 349 g/mol. The molecule has 0 spiro atoms. The summed E-state index contributed by atoms with van der Waals surface area (Å²) in [4.78, 5) is 4.49. The number of hydrogen-bond donors (Lipinski definition) is 0. The molecule has 2 aromatic rings. The largest absolute Gasteiger partial charge is 0.389 e. The molecule has 144 valence electrons. The Hall–Kier alpha value is -2.35. The van der Waals surface area contributed by atoms with Crippen molar-refractivity contribution in [3.8, 4) is 17.2 Å². The van der Waals surface area contributed by atoms with Gasteiger partial charge in [-0.25, -0.2) is 0 Å². The van der Waals surface area contributed by atoms with Crippen molar-refractivity contribution in [2.75, 3.05) is 0 Å². The van der Waals surface area contributed by atoms with Gasteiger partial charge in [0.2, 0.25) is 0 Å². The zero-order valence-electron chi connectivity index (χ0n) is 15.4. The van der Waals surface area contributed by atoms with Crippen molar-refractivity contribution in [3.05, 3.63) is 53.9 Å². The molecule has 0 N–H and O–H groups in total. The van der Waals surface area contributed by atoms with Crippen LogP contribution in [0, 0.1) is 11.3 Å². The summed E-state index contributed by atoms with van der Waals surface area (Å²) in [6.07, 6.45) is 3.48. The van der Waals surface area contributed by atoms with Gasteiger partial charge >= 0.3 is 6.18 Å². The Kier molecular flexibility index (Phi) is 8.32. The predicted octanol–water partition coefficient (Wildman–Crippen LogP) is 6.85. The number of alkyl halides is 3. The van der Waals surface area contributed by atoms with Gasteiger partial charge in [0.1, 0.15) is 0 Å². The summed E-state index contributed by atoms with van der Waals surface area (Å²) in [5.74, 6) is 0. The minimum Gasteiger partial charge on any atom is -0.261 e. The molecule has 27 heavy (non-hydrogen) atoms. The van der Waals surface area contributed by atoms with Crippen molar-refractivity contribution in [1.82, 2.24) is 4.98 Å². The van der Waals surface area contributed by atoms with E-state index >= 15 is 0 Å². The van der Waals surface area contributed by atoms with Gasteiger partial charge in [-0.2, -0.15) is 18.4 Å². The van der Waals surface area contributed by atoms with Crippen LogP contribution in [0.1, 0.15) is 62.6 Å². The van der Waals surface area contributed by atoms with E-state index in [0.29, 0.717) is 12.0 Å². The Balaban J connectivity index is 1.78. The zero-order valence-corrected chi connectivity index (χ0v) is 15.4. The Labute approximate surface area is 159 Å². The lowest BCUT2D eigenvalue weighted by atomic mass is 9.96. The molecule has 0 unspecified atom stereocenters. The highest BCUT2D eigenvalue weighted by Crippen LogP contribution is 2.27. The minimum atomic E-state index is -4.03. The molecule has 0 radical (unpaired) electrons. The highest BCUT2D eigenvalue weighted by atomic mass is 19.4. The van der Waals surface area contributed by atoms with E-state index in [1.54, 1.807) is 12.3 Å². The van der Waals surface area contributed by atoms with Gasteiger partial charge in [-0.15, -0.1) is 0 Å². The molecule has 0 atom stereocenters. The monoisotopic (exact) mass is 374 g/mol. The predicted molar refractivity (Wildman–Crippen MR) is 101 cm³/mol. The summed E-state index contributed by atoms with van der Waals surface area (Å²) in [7, 11) is 0. The standard InChI is InChI=1S/C22H25F3N2/c23-22(24,25)15-10-5-3-1-2-4-9-13-20-21(18-11-7-6-8-12-18)19(17-26)14-16-27-20/h6-8,11-12,14,16H,1-5,9-10,13,15H2. The summed E-state index contributed by atoms with van der Waals surface area (Å²) < 4.78 is 36.2. The molecule has 0 amide bonds. The Bertz CT molecular complexity index is 733. The first-order chi connectivity index (χ1) is 13.0. The second-order valence-electron chi connectivity index (χ2n) is 6.75. The van der Waals surface area contributed by atoms with E-state index < -0.39 is 12.6 Å². The van der Waals surface area contributed by atoms with Gasteiger partial charge in [-0.05, 0) is 30.9 Å². The molecule has 2 nitrogen and oxygen atoms in total. The first kappa shape index (κ1) is 21.0. The Morgan fingerprint density at radius 2 is 1.48 bits per heavy atom. The molecule has 1 heterocycles. The van der Waals surface area contributed by atoms with Crippen LogP contribution in [0.5, 0.6) is 0 Å². The number of rotatable bonds is 10. The van der Waals surface area contributed by atoms with Gasteiger partial charge < -0.3 is 0 Å². The topological polar surface area (TPSA) is 36.7 Å². The maximum atomic E-state index is 12.1. The molecular formula is C22H25F3N2. The molecule has 0 saturated heterocycles. The van der Waals surface area contributed by atoms with Crippen molar-refractivity contribution >= 4 is 0 Å². The van der Waals surface area contributed by atoms with Crippen molar-refractivity contribution in [2.45, 2.75) is 64.0 Å². The Morgan fingerprint density at radius 1 is 0.852 bits per heavy atom. The quantitative estimate of drug-likeness (QED) is 0.427. The van der Waals surface area contributed by atoms with Crippen molar-refractivity contribution in [1.29, 1.82) is 5.26 Å². The van der Waals surface area contributed by atoms with Crippen LogP contribution in [0.25, 0.3) is 11.1 Å². The average Bonchev–Trinajstić information content (AvgIpc) is 2.66. The minimum absolute atomic E-state index is 0.231. The van der Waals surface area contributed by atoms with E-state index in [1.165, 1.54) is 0 Å².